The van der Waals surface area contributed by atoms with Gasteiger partial charge < -0.3 is 15.5 Å². The Morgan fingerprint density at radius 2 is 1.70 bits per heavy atom. The molecular weight excluding hydrogens is 554 g/mol. The molecule has 0 spiro atoms. The van der Waals surface area contributed by atoms with Crippen molar-refractivity contribution in [2.24, 2.45) is 5.16 Å². The fraction of sp³-hybridized carbons (Fsp3) is 0.250. The second-order valence-electron chi connectivity index (χ2n) is 8.78. The molecule has 3 aromatic rings. The van der Waals surface area contributed by atoms with E-state index >= 15 is 0 Å². The van der Waals surface area contributed by atoms with Gasteiger partial charge in [0, 0.05) is 27.5 Å². The second-order valence-corrected chi connectivity index (χ2v) is 10.1. The molecular formula is C24H17Cl3F3N5O2. The molecule has 1 unspecified atom stereocenters. The van der Waals surface area contributed by atoms with Gasteiger partial charge in [0.1, 0.15) is 0 Å². The maximum Gasteiger partial charge on any atom is 0.435 e. The molecule has 7 nitrogen and oxygen atoms in total. The van der Waals surface area contributed by atoms with Gasteiger partial charge in [0.05, 0.1) is 28.7 Å². The lowest BCUT2D eigenvalue weighted by Gasteiger charge is -2.29. The fourth-order valence-electron chi connectivity index (χ4n) is 4.17. The number of hydrogen-bond acceptors (Lipinski definition) is 6. The minimum Gasteiger partial charge on any atom is -0.372 e. The van der Waals surface area contributed by atoms with E-state index in [1.165, 1.54) is 24.3 Å². The van der Waals surface area contributed by atoms with Crippen LogP contribution in [0.2, 0.25) is 15.1 Å². The number of nitrogens with one attached hydrogen (secondary N) is 2. The highest BCUT2D eigenvalue weighted by molar-refractivity contribution is 6.35. The van der Waals surface area contributed by atoms with E-state index in [0.717, 1.165) is 30.5 Å². The van der Waals surface area contributed by atoms with E-state index in [1.807, 2.05) is 0 Å². The van der Waals surface area contributed by atoms with Gasteiger partial charge in [-0.25, -0.2) is 0 Å². The number of anilines is 1. The van der Waals surface area contributed by atoms with E-state index in [1.54, 1.807) is 18.5 Å². The van der Waals surface area contributed by atoms with Crippen LogP contribution < -0.4 is 10.6 Å². The molecule has 37 heavy (non-hydrogen) atoms. The number of halogens is 6. The third-order valence-electron chi connectivity index (χ3n) is 6.25. The zero-order chi connectivity index (χ0) is 26.4. The summed E-state index contributed by atoms with van der Waals surface area (Å²) < 4.78 is 42.6. The summed E-state index contributed by atoms with van der Waals surface area (Å²) >= 11 is 18.2. The summed E-state index contributed by atoms with van der Waals surface area (Å²) in [5.41, 5.74) is -2.36. The minimum atomic E-state index is -4.83. The van der Waals surface area contributed by atoms with E-state index in [9.17, 15) is 18.0 Å². The van der Waals surface area contributed by atoms with Gasteiger partial charge >= 0.3 is 6.18 Å². The molecule has 2 heterocycles. The molecule has 0 radical (unpaired) electrons. The number of amides is 1. The summed E-state index contributed by atoms with van der Waals surface area (Å²) in [6.07, 6.45) is -0.926. The number of oxime groups is 1. The van der Waals surface area contributed by atoms with Crippen molar-refractivity contribution in [2.75, 3.05) is 5.32 Å². The highest BCUT2D eigenvalue weighted by atomic mass is 35.5. The molecule has 2 N–H and O–H groups in total. The quantitative estimate of drug-likeness (QED) is 0.368. The lowest BCUT2D eigenvalue weighted by molar-refractivity contribution is -0.275. The van der Waals surface area contributed by atoms with E-state index in [-0.39, 0.29) is 32.0 Å². The first-order valence-electron chi connectivity index (χ1n) is 11.0. The Kier molecular flexibility index (Phi) is 6.45. The topological polar surface area (TPSA) is 88.5 Å². The molecule has 0 bridgehead atoms. The minimum absolute atomic E-state index is 0.0282. The van der Waals surface area contributed by atoms with Crippen LogP contribution in [0.15, 0.2) is 60.0 Å². The summed E-state index contributed by atoms with van der Waals surface area (Å²) in [6, 6.07) is 9.79. The molecule has 2 aliphatic rings. The molecule has 2 aromatic carbocycles. The van der Waals surface area contributed by atoms with E-state index in [0.29, 0.717) is 5.69 Å². The highest BCUT2D eigenvalue weighted by Gasteiger charge is 2.62. The third kappa shape index (κ3) is 4.93. The van der Waals surface area contributed by atoms with Crippen molar-refractivity contribution >= 4 is 52.2 Å². The van der Waals surface area contributed by atoms with Crippen LogP contribution in [0.25, 0.3) is 0 Å². The van der Waals surface area contributed by atoms with Gasteiger partial charge in [-0.3, -0.25) is 4.79 Å². The number of benzene rings is 2. The molecule has 192 valence electrons. The number of rotatable bonds is 5. The van der Waals surface area contributed by atoms with Gasteiger partial charge in [-0.2, -0.15) is 23.4 Å². The summed E-state index contributed by atoms with van der Waals surface area (Å²) in [5.74, 6) is -0.547. The van der Waals surface area contributed by atoms with Crippen LogP contribution in [0.4, 0.5) is 18.9 Å². The van der Waals surface area contributed by atoms with Gasteiger partial charge in [-0.05, 0) is 60.9 Å². The molecule has 1 aliphatic carbocycles. The lowest BCUT2D eigenvalue weighted by Crippen LogP contribution is -2.43. The molecule has 1 saturated carbocycles. The number of carbonyl (C=O) groups excluding carboxylic acids is 1. The number of nitrogens with zero attached hydrogens (tertiary/aromatic N) is 3. The lowest BCUT2D eigenvalue weighted by atomic mass is 9.89. The first-order chi connectivity index (χ1) is 17.5. The maximum absolute atomic E-state index is 14.2. The van der Waals surface area contributed by atoms with Gasteiger partial charge in [0.15, 0.2) is 5.84 Å². The Hall–Kier alpha value is -3.08. The molecule has 1 fully saturated rings. The molecule has 5 rings (SSSR count). The first kappa shape index (κ1) is 25.6. The zero-order valence-corrected chi connectivity index (χ0v) is 21.0. The van der Waals surface area contributed by atoms with Crippen molar-refractivity contribution in [1.82, 2.24) is 15.5 Å². The van der Waals surface area contributed by atoms with E-state index < -0.39 is 29.6 Å². The van der Waals surface area contributed by atoms with Crippen LogP contribution in [0, 0.1) is 0 Å². The summed E-state index contributed by atoms with van der Waals surface area (Å²) in [6.45, 7) is 0. The van der Waals surface area contributed by atoms with Crippen molar-refractivity contribution in [2.45, 2.75) is 36.6 Å². The SMILES string of the molecule is O=C(NC1(c2ccnnc2)CC1)c1cc(NC2=NOC(c3cc(Cl)cc(Cl)c3)(C(F)(F)F)C2)ccc1Cl. The number of hydrogen-bond donors (Lipinski definition) is 2. The molecule has 13 heteroatoms. The summed E-state index contributed by atoms with van der Waals surface area (Å²) in [4.78, 5) is 18.1. The third-order valence-corrected chi connectivity index (χ3v) is 7.02. The number of alkyl halides is 3. The smallest absolute Gasteiger partial charge is 0.372 e. The molecule has 1 aliphatic heterocycles. The maximum atomic E-state index is 14.2. The van der Waals surface area contributed by atoms with Crippen molar-refractivity contribution in [3.8, 4) is 0 Å². The van der Waals surface area contributed by atoms with Gasteiger partial charge in [0.2, 0.25) is 0 Å². The van der Waals surface area contributed by atoms with Crippen LogP contribution in [-0.2, 0) is 16.0 Å². The number of carbonyl (C=O) groups is 1. The zero-order valence-electron chi connectivity index (χ0n) is 18.7. The Bertz CT molecular complexity index is 1380. The fourth-order valence-corrected chi connectivity index (χ4v) is 4.90. The molecule has 0 saturated heterocycles. The first-order valence-corrected chi connectivity index (χ1v) is 12.1. The standard InChI is InChI=1S/C24H17Cl3F3N5O2/c25-15-7-14(8-16(26)9-15)23(24(28,29)30)11-20(35-37-23)33-17-1-2-19(27)18(10-17)21(36)34-22(4-5-22)13-3-6-31-32-12-13/h1-3,6-10,12H,4-5,11H2,(H,33,35)(H,34,36). The Balaban J connectivity index is 1.36. The number of aromatic nitrogens is 2. The largest absolute Gasteiger partial charge is 0.435 e. The number of amidine groups is 1. The average molecular weight is 571 g/mol. The van der Waals surface area contributed by atoms with E-state index in [4.69, 9.17) is 39.6 Å². The summed E-state index contributed by atoms with van der Waals surface area (Å²) in [5, 5.41) is 17.3. The van der Waals surface area contributed by atoms with Crippen LogP contribution in [0.1, 0.15) is 40.7 Å². The van der Waals surface area contributed by atoms with Crippen LogP contribution in [0.5, 0.6) is 0 Å². The van der Waals surface area contributed by atoms with E-state index in [2.05, 4.69) is 26.0 Å². The van der Waals surface area contributed by atoms with Gasteiger partial charge in [0.25, 0.3) is 11.5 Å². The van der Waals surface area contributed by atoms with Crippen molar-refractivity contribution in [1.29, 1.82) is 0 Å². The Morgan fingerprint density at radius 3 is 2.32 bits per heavy atom. The molecule has 1 atom stereocenters. The predicted octanol–water partition coefficient (Wildman–Crippen LogP) is 6.46. The monoisotopic (exact) mass is 569 g/mol. The second kappa shape index (κ2) is 9.34. The highest BCUT2D eigenvalue weighted by Crippen LogP contribution is 2.49. The molecule has 1 amide bonds. The predicted molar refractivity (Wildman–Crippen MR) is 133 cm³/mol. The Labute approximate surface area is 223 Å². The van der Waals surface area contributed by atoms with Crippen molar-refractivity contribution < 1.29 is 22.8 Å². The average Bonchev–Trinajstić information content (AvgIpc) is 3.48. The Morgan fingerprint density at radius 1 is 0.973 bits per heavy atom. The van der Waals surface area contributed by atoms with Crippen LogP contribution in [0.3, 0.4) is 0 Å². The summed E-state index contributed by atoms with van der Waals surface area (Å²) in [7, 11) is 0. The van der Waals surface area contributed by atoms with Crippen LogP contribution in [-0.4, -0.2) is 28.1 Å². The van der Waals surface area contributed by atoms with Gasteiger partial charge in [-0.1, -0.05) is 40.0 Å². The van der Waals surface area contributed by atoms with Crippen molar-refractivity contribution in [3.63, 3.8) is 0 Å². The normalized spacial score (nSPS) is 20.1. The van der Waals surface area contributed by atoms with Crippen LogP contribution >= 0.6 is 34.8 Å². The van der Waals surface area contributed by atoms with Crippen molar-refractivity contribution in [3.05, 3.63) is 86.6 Å². The van der Waals surface area contributed by atoms with Gasteiger partial charge in [-0.15, -0.1) is 0 Å². The molecule has 1 aromatic heterocycles.